The van der Waals surface area contributed by atoms with Crippen LogP contribution in [0.25, 0.3) is 0 Å². The highest BCUT2D eigenvalue weighted by Gasteiger charge is 2.07. The summed E-state index contributed by atoms with van der Waals surface area (Å²) in [6.45, 7) is 0.625. The van der Waals surface area contributed by atoms with Crippen molar-refractivity contribution in [3.63, 3.8) is 0 Å². The maximum Gasteiger partial charge on any atom is 0.190 e. The molecule has 1 aromatic carbocycles. The van der Waals surface area contributed by atoms with Crippen molar-refractivity contribution in [2.24, 2.45) is 10.7 Å². The molecule has 0 aliphatic carbocycles. The van der Waals surface area contributed by atoms with E-state index < -0.39 is 0 Å². The molecule has 0 bridgehead atoms. The average molecular weight is 223 g/mol. The lowest BCUT2D eigenvalue weighted by molar-refractivity contribution is 0.396. The lowest BCUT2D eigenvalue weighted by Gasteiger charge is -2.17. The molecule has 5 nitrogen and oxygen atoms in total. The zero-order chi connectivity index (χ0) is 12.1. The first-order valence-corrected chi connectivity index (χ1v) is 4.99. The van der Waals surface area contributed by atoms with Gasteiger partial charge in [0.05, 0.1) is 0 Å². The molecule has 0 radical (unpaired) electrons. The van der Waals surface area contributed by atoms with Gasteiger partial charge in [0, 0.05) is 20.6 Å². The molecule has 1 aromatic rings. The van der Waals surface area contributed by atoms with Gasteiger partial charge in [-0.15, -0.1) is 0 Å². The predicted molar refractivity (Wildman–Crippen MR) is 63.7 cm³/mol. The zero-order valence-electron chi connectivity index (χ0n) is 9.51. The van der Waals surface area contributed by atoms with Crippen LogP contribution in [0.2, 0.25) is 0 Å². The van der Waals surface area contributed by atoms with Crippen molar-refractivity contribution in [2.75, 3.05) is 20.6 Å². The van der Waals surface area contributed by atoms with Crippen LogP contribution in [0, 0.1) is 0 Å². The Labute approximate surface area is 94.8 Å². The van der Waals surface area contributed by atoms with Crippen molar-refractivity contribution in [1.29, 1.82) is 0 Å². The van der Waals surface area contributed by atoms with Crippen LogP contribution in [0.4, 0.5) is 0 Å². The Kier molecular flexibility index (Phi) is 3.99. The van der Waals surface area contributed by atoms with Crippen LogP contribution in [0.5, 0.6) is 11.5 Å². The summed E-state index contributed by atoms with van der Waals surface area (Å²) in [5, 5.41) is 18.9. The molecule has 0 aliphatic heterocycles. The van der Waals surface area contributed by atoms with E-state index in [-0.39, 0.29) is 11.5 Å². The number of guanidine groups is 1. The molecule has 1 rings (SSSR count). The van der Waals surface area contributed by atoms with Gasteiger partial charge in [-0.1, -0.05) is 12.1 Å². The number of para-hydroxylation sites is 1. The molecular formula is C11H17N3O2. The maximum atomic E-state index is 9.58. The Morgan fingerprint density at radius 3 is 2.75 bits per heavy atom. The van der Waals surface area contributed by atoms with Crippen LogP contribution in [-0.2, 0) is 6.42 Å². The molecule has 0 atom stereocenters. The van der Waals surface area contributed by atoms with E-state index >= 15 is 0 Å². The fourth-order valence-electron chi connectivity index (χ4n) is 1.35. The van der Waals surface area contributed by atoms with E-state index in [9.17, 15) is 10.2 Å². The van der Waals surface area contributed by atoms with E-state index in [1.165, 1.54) is 6.07 Å². The number of hydrogen-bond donors (Lipinski definition) is 3. The number of likely N-dealkylation sites (N-methyl/N-ethyl adjacent to an activating group) is 1. The fraction of sp³-hybridized carbons (Fsp3) is 0.364. The fourth-order valence-corrected chi connectivity index (χ4v) is 1.35. The second kappa shape index (κ2) is 5.25. The highest BCUT2D eigenvalue weighted by atomic mass is 16.3. The summed E-state index contributed by atoms with van der Waals surface area (Å²) in [4.78, 5) is 5.63. The quantitative estimate of drug-likeness (QED) is 0.396. The Balaban J connectivity index is 2.65. The minimum Gasteiger partial charge on any atom is -0.504 e. The van der Waals surface area contributed by atoms with Crippen LogP contribution >= 0.6 is 0 Å². The van der Waals surface area contributed by atoms with Gasteiger partial charge in [-0.25, -0.2) is 0 Å². The number of nitrogens with two attached hydrogens (primary N) is 1. The third kappa shape index (κ3) is 2.79. The summed E-state index contributed by atoms with van der Waals surface area (Å²) < 4.78 is 0. The van der Waals surface area contributed by atoms with E-state index in [0.29, 0.717) is 24.5 Å². The standard InChI is InChI=1S/C11H17N3O2/c1-13-11(12)14(2)7-6-8-4-3-5-9(15)10(8)16/h3-5,15-16H,6-7H2,1-2H3,(H2,12,13). The molecule has 0 spiro atoms. The van der Waals surface area contributed by atoms with Crippen LogP contribution in [0.1, 0.15) is 5.56 Å². The van der Waals surface area contributed by atoms with Crippen LogP contribution in [0.3, 0.4) is 0 Å². The molecule has 88 valence electrons. The lowest BCUT2D eigenvalue weighted by atomic mass is 10.1. The average Bonchev–Trinajstić information content (AvgIpc) is 2.29. The number of aromatic hydroxyl groups is 2. The predicted octanol–water partition coefficient (Wildman–Crippen LogP) is 0.517. The Morgan fingerprint density at radius 2 is 2.12 bits per heavy atom. The van der Waals surface area contributed by atoms with Gasteiger partial charge in [0.15, 0.2) is 17.5 Å². The number of hydrogen-bond acceptors (Lipinski definition) is 3. The molecule has 0 saturated carbocycles. The van der Waals surface area contributed by atoms with Crippen molar-refractivity contribution in [3.05, 3.63) is 23.8 Å². The number of benzene rings is 1. The van der Waals surface area contributed by atoms with Crippen LogP contribution < -0.4 is 5.73 Å². The van der Waals surface area contributed by atoms with E-state index in [1.54, 1.807) is 24.1 Å². The van der Waals surface area contributed by atoms with Gasteiger partial charge in [0.1, 0.15) is 0 Å². The van der Waals surface area contributed by atoms with Crippen molar-refractivity contribution in [3.8, 4) is 11.5 Å². The maximum absolute atomic E-state index is 9.58. The van der Waals surface area contributed by atoms with Crippen LogP contribution in [0.15, 0.2) is 23.2 Å². The lowest BCUT2D eigenvalue weighted by Crippen LogP contribution is -2.35. The number of rotatable bonds is 3. The zero-order valence-corrected chi connectivity index (χ0v) is 9.51. The van der Waals surface area contributed by atoms with Crippen molar-refractivity contribution < 1.29 is 10.2 Å². The van der Waals surface area contributed by atoms with Gasteiger partial charge in [-0.05, 0) is 18.1 Å². The van der Waals surface area contributed by atoms with Gasteiger partial charge in [0.2, 0.25) is 0 Å². The monoisotopic (exact) mass is 223 g/mol. The van der Waals surface area contributed by atoms with Crippen molar-refractivity contribution in [2.45, 2.75) is 6.42 Å². The minimum atomic E-state index is -0.0997. The minimum absolute atomic E-state index is 0.0668. The highest BCUT2D eigenvalue weighted by Crippen LogP contribution is 2.28. The molecule has 0 amide bonds. The second-order valence-electron chi connectivity index (χ2n) is 3.54. The summed E-state index contributed by atoms with van der Waals surface area (Å²) in [5.41, 5.74) is 6.30. The molecule has 0 unspecified atom stereocenters. The summed E-state index contributed by atoms with van der Waals surface area (Å²) >= 11 is 0. The molecule has 5 heteroatoms. The highest BCUT2D eigenvalue weighted by molar-refractivity contribution is 5.77. The Hall–Kier alpha value is -1.91. The van der Waals surface area contributed by atoms with Crippen LogP contribution in [-0.4, -0.2) is 41.7 Å². The van der Waals surface area contributed by atoms with Crippen molar-refractivity contribution >= 4 is 5.96 Å². The Bertz CT molecular complexity index is 391. The van der Waals surface area contributed by atoms with Gasteiger partial charge in [-0.2, -0.15) is 0 Å². The molecule has 16 heavy (non-hydrogen) atoms. The van der Waals surface area contributed by atoms with E-state index in [4.69, 9.17) is 5.73 Å². The number of phenolic OH excluding ortho intramolecular Hbond substituents is 2. The van der Waals surface area contributed by atoms with Crippen molar-refractivity contribution in [1.82, 2.24) is 4.90 Å². The number of aliphatic imine (C=N–C) groups is 1. The number of phenols is 2. The van der Waals surface area contributed by atoms with Gasteiger partial charge < -0.3 is 20.8 Å². The molecule has 4 N–H and O–H groups in total. The van der Waals surface area contributed by atoms with E-state index in [1.807, 2.05) is 7.05 Å². The molecule has 0 aromatic heterocycles. The molecule has 0 saturated heterocycles. The number of nitrogens with zero attached hydrogens (tertiary/aromatic N) is 2. The smallest absolute Gasteiger partial charge is 0.190 e. The van der Waals surface area contributed by atoms with Gasteiger partial charge >= 0.3 is 0 Å². The van der Waals surface area contributed by atoms with Gasteiger partial charge in [0.25, 0.3) is 0 Å². The first-order chi connectivity index (χ1) is 7.56. The SMILES string of the molecule is CN=C(N)N(C)CCc1cccc(O)c1O. The molecule has 0 heterocycles. The topological polar surface area (TPSA) is 82.1 Å². The Morgan fingerprint density at radius 1 is 1.44 bits per heavy atom. The van der Waals surface area contributed by atoms with Gasteiger partial charge in [-0.3, -0.25) is 4.99 Å². The summed E-state index contributed by atoms with van der Waals surface area (Å²) in [6.07, 6.45) is 0.590. The third-order valence-electron chi connectivity index (χ3n) is 2.44. The van der Waals surface area contributed by atoms with E-state index in [0.717, 1.165) is 0 Å². The molecule has 0 aliphatic rings. The molecular weight excluding hydrogens is 206 g/mol. The second-order valence-corrected chi connectivity index (χ2v) is 3.54. The summed E-state index contributed by atoms with van der Waals surface area (Å²) in [6, 6.07) is 4.91. The molecule has 0 fully saturated rings. The largest absolute Gasteiger partial charge is 0.504 e. The first-order valence-electron chi connectivity index (χ1n) is 4.99. The van der Waals surface area contributed by atoms with E-state index in [2.05, 4.69) is 4.99 Å². The first kappa shape index (κ1) is 12.2. The summed E-state index contributed by atoms with van der Waals surface area (Å²) in [5.74, 6) is 0.278. The normalized spacial score (nSPS) is 11.5. The summed E-state index contributed by atoms with van der Waals surface area (Å²) in [7, 11) is 3.44. The third-order valence-corrected chi connectivity index (χ3v) is 2.44.